The number of carbonyl (C=O) groups is 1. The fraction of sp³-hybridized carbons (Fsp3) is 0.692. The summed E-state index contributed by atoms with van der Waals surface area (Å²) in [5.41, 5.74) is 1.46. The molecule has 1 amide bonds. The minimum absolute atomic E-state index is 0.0420. The summed E-state index contributed by atoms with van der Waals surface area (Å²) in [5, 5.41) is 10.2. The summed E-state index contributed by atoms with van der Waals surface area (Å²) >= 11 is 0. The number of hydrogen-bond acceptors (Lipinski definition) is 3. The van der Waals surface area contributed by atoms with Crippen molar-refractivity contribution in [2.24, 2.45) is 5.92 Å². The van der Waals surface area contributed by atoms with Crippen LogP contribution in [-0.4, -0.2) is 47.2 Å². The summed E-state index contributed by atoms with van der Waals surface area (Å²) < 4.78 is 0. The predicted molar refractivity (Wildman–Crippen MR) is 70.5 cm³/mol. The topological polar surface area (TPSA) is 61.0 Å². The number of amides is 1. The van der Waals surface area contributed by atoms with E-state index in [0.29, 0.717) is 11.6 Å². The molecule has 1 saturated heterocycles. The molecular formula is C13H22N4O. The van der Waals surface area contributed by atoms with Crippen LogP contribution in [0.2, 0.25) is 0 Å². The Morgan fingerprint density at radius 1 is 1.50 bits per heavy atom. The zero-order valence-corrected chi connectivity index (χ0v) is 11.2. The smallest absolute Gasteiger partial charge is 0.274 e. The van der Waals surface area contributed by atoms with Crippen LogP contribution in [0.15, 0.2) is 6.07 Å². The summed E-state index contributed by atoms with van der Waals surface area (Å²) in [6.07, 6.45) is 2.31. The third-order valence-corrected chi connectivity index (χ3v) is 3.53. The van der Waals surface area contributed by atoms with Gasteiger partial charge in [0.25, 0.3) is 5.91 Å². The minimum Gasteiger partial charge on any atom is -0.337 e. The molecule has 0 radical (unpaired) electrons. The van der Waals surface area contributed by atoms with Gasteiger partial charge in [-0.25, -0.2) is 0 Å². The molecule has 1 fully saturated rings. The Morgan fingerprint density at radius 3 is 2.78 bits per heavy atom. The van der Waals surface area contributed by atoms with Gasteiger partial charge < -0.3 is 10.2 Å². The summed E-state index contributed by atoms with van der Waals surface area (Å²) in [4.78, 5) is 14.2. The Bertz CT molecular complexity index is 395. The summed E-state index contributed by atoms with van der Waals surface area (Å²) in [6, 6.07) is 1.81. The number of carbonyl (C=O) groups excluding carboxylic acids is 1. The first-order chi connectivity index (χ1) is 8.70. The third kappa shape index (κ3) is 3.10. The fourth-order valence-electron chi connectivity index (χ4n) is 2.42. The molecule has 0 saturated carbocycles. The van der Waals surface area contributed by atoms with E-state index in [9.17, 15) is 4.79 Å². The van der Waals surface area contributed by atoms with Crippen molar-refractivity contribution in [2.75, 3.05) is 26.2 Å². The first kappa shape index (κ1) is 13.1. The van der Waals surface area contributed by atoms with Gasteiger partial charge in [-0.15, -0.1) is 0 Å². The quantitative estimate of drug-likeness (QED) is 0.843. The Kier molecular flexibility index (Phi) is 4.36. The van der Waals surface area contributed by atoms with Crippen molar-refractivity contribution in [3.8, 4) is 0 Å². The highest BCUT2D eigenvalue weighted by atomic mass is 16.2. The molecule has 5 nitrogen and oxygen atoms in total. The molecule has 1 aliphatic heterocycles. The van der Waals surface area contributed by atoms with Crippen molar-refractivity contribution < 1.29 is 4.79 Å². The van der Waals surface area contributed by atoms with Gasteiger partial charge in [-0.05, 0) is 51.8 Å². The lowest BCUT2D eigenvalue weighted by atomic mass is 9.97. The van der Waals surface area contributed by atoms with Gasteiger partial charge in [-0.1, -0.05) is 0 Å². The van der Waals surface area contributed by atoms with Gasteiger partial charge in [-0.3, -0.25) is 9.89 Å². The van der Waals surface area contributed by atoms with E-state index in [4.69, 9.17) is 0 Å². The Labute approximate surface area is 108 Å². The van der Waals surface area contributed by atoms with E-state index < -0.39 is 0 Å². The van der Waals surface area contributed by atoms with Crippen molar-refractivity contribution in [3.05, 3.63) is 17.5 Å². The maximum atomic E-state index is 12.3. The van der Waals surface area contributed by atoms with E-state index >= 15 is 0 Å². The van der Waals surface area contributed by atoms with E-state index in [-0.39, 0.29) is 5.91 Å². The minimum atomic E-state index is 0.0420. The van der Waals surface area contributed by atoms with Gasteiger partial charge in [0.2, 0.25) is 0 Å². The molecule has 18 heavy (non-hydrogen) atoms. The second-order valence-corrected chi connectivity index (χ2v) is 4.97. The van der Waals surface area contributed by atoms with Crippen LogP contribution in [0.4, 0.5) is 0 Å². The molecule has 2 heterocycles. The largest absolute Gasteiger partial charge is 0.337 e. The van der Waals surface area contributed by atoms with E-state index in [0.717, 1.165) is 44.7 Å². The number of H-pyrrole nitrogens is 1. The standard InChI is InChI=1S/C13H22N4O/c1-3-17(9-11-4-6-14-7-5-11)13(18)12-8-10(2)15-16-12/h8,11,14H,3-7,9H2,1-2H3,(H,15,16). The summed E-state index contributed by atoms with van der Waals surface area (Å²) in [7, 11) is 0. The molecule has 0 aliphatic carbocycles. The maximum Gasteiger partial charge on any atom is 0.274 e. The van der Waals surface area contributed by atoms with Crippen LogP contribution in [0.3, 0.4) is 0 Å². The molecule has 2 N–H and O–H groups in total. The van der Waals surface area contributed by atoms with Gasteiger partial charge in [0.15, 0.2) is 0 Å². The SMILES string of the molecule is CCN(CC1CCNCC1)C(=O)c1cc(C)[nH]n1. The first-order valence-electron chi connectivity index (χ1n) is 6.72. The molecule has 0 aromatic carbocycles. The summed E-state index contributed by atoms with van der Waals surface area (Å²) in [6.45, 7) is 7.67. The number of aromatic nitrogens is 2. The van der Waals surface area contributed by atoms with Crippen LogP contribution < -0.4 is 5.32 Å². The second kappa shape index (κ2) is 6.00. The highest BCUT2D eigenvalue weighted by Gasteiger charge is 2.21. The van der Waals surface area contributed by atoms with Gasteiger partial charge >= 0.3 is 0 Å². The van der Waals surface area contributed by atoms with E-state index in [1.54, 1.807) is 0 Å². The average molecular weight is 250 g/mol. The van der Waals surface area contributed by atoms with Crippen LogP contribution in [0.25, 0.3) is 0 Å². The number of nitrogens with one attached hydrogen (secondary N) is 2. The number of piperidine rings is 1. The van der Waals surface area contributed by atoms with Gasteiger partial charge in [0, 0.05) is 18.8 Å². The maximum absolute atomic E-state index is 12.3. The van der Waals surface area contributed by atoms with E-state index in [2.05, 4.69) is 15.5 Å². The molecule has 0 bridgehead atoms. The molecule has 1 aromatic rings. The molecule has 1 aliphatic rings. The van der Waals surface area contributed by atoms with Crippen molar-refractivity contribution in [1.29, 1.82) is 0 Å². The number of aromatic amines is 1. The zero-order chi connectivity index (χ0) is 13.0. The Balaban J connectivity index is 1.97. The molecule has 0 spiro atoms. The van der Waals surface area contributed by atoms with Crippen LogP contribution in [0.5, 0.6) is 0 Å². The van der Waals surface area contributed by atoms with Crippen LogP contribution in [0, 0.1) is 12.8 Å². The molecule has 0 atom stereocenters. The van der Waals surface area contributed by atoms with Gasteiger partial charge in [0.1, 0.15) is 5.69 Å². The molecule has 1 aromatic heterocycles. The lowest BCUT2D eigenvalue weighted by Crippen LogP contribution is -2.39. The van der Waals surface area contributed by atoms with Gasteiger partial charge in [0.05, 0.1) is 0 Å². The molecule has 5 heteroatoms. The fourth-order valence-corrected chi connectivity index (χ4v) is 2.42. The van der Waals surface area contributed by atoms with Crippen molar-refractivity contribution >= 4 is 5.91 Å². The van der Waals surface area contributed by atoms with Crippen LogP contribution >= 0.6 is 0 Å². The number of nitrogens with zero attached hydrogens (tertiary/aromatic N) is 2. The highest BCUT2D eigenvalue weighted by Crippen LogP contribution is 2.15. The highest BCUT2D eigenvalue weighted by molar-refractivity contribution is 5.92. The predicted octanol–water partition coefficient (Wildman–Crippen LogP) is 1.18. The lowest BCUT2D eigenvalue weighted by molar-refractivity contribution is 0.0721. The zero-order valence-electron chi connectivity index (χ0n) is 11.2. The van der Waals surface area contributed by atoms with E-state index in [1.165, 1.54) is 0 Å². The van der Waals surface area contributed by atoms with Crippen molar-refractivity contribution in [2.45, 2.75) is 26.7 Å². The Morgan fingerprint density at radius 2 is 2.22 bits per heavy atom. The van der Waals surface area contributed by atoms with Crippen LogP contribution in [-0.2, 0) is 0 Å². The third-order valence-electron chi connectivity index (χ3n) is 3.53. The number of rotatable bonds is 4. The first-order valence-corrected chi connectivity index (χ1v) is 6.72. The van der Waals surface area contributed by atoms with Crippen molar-refractivity contribution in [3.63, 3.8) is 0 Å². The molecule has 2 rings (SSSR count). The molecule has 100 valence electrons. The number of hydrogen-bond donors (Lipinski definition) is 2. The second-order valence-electron chi connectivity index (χ2n) is 4.97. The lowest BCUT2D eigenvalue weighted by Gasteiger charge is -2.29. The van der Waals surface area contributed by atoms with Crippen molar-refractivity contribution in [1.82, 2.24) is 20.4 Å². The van der Waals surface area contributed by atoms with Gasteiger partial charge in [-0.2, -0.15) is 5.10 Å². The normalized spacial score (nSPS) is 16.8. The summed E-state index contributed by atoms with van der Waals surface area (Å²) in [5.74, 6) is 0.663. The molecule has 0 unspecified atom stereocenters. The average Bonchev–Trinajstić information content (AvgIpc) is 2.83. The monoisotopic (exact) mass is 250 g/mol. The Hall–Kier alpha value is -1.36. The molecular weight excluding hydrogens is 228 g/mol. The van der Waals surface area contributed by atoms with E-state index in [1.807, 2.05) is 24.8 Å². The number of aryl methyl sites for hydroxylation is 1. The van der Waals surface area contributed by atoms with Crippen LogP contribution in [0.1, 0.15) is 35.9 Å².